The number of nitrogens with zero attached hydrogens (tertiary/aromatic N) is 1. The molecule has 1 heterocycles. The second-order valence-electron chi connectivity index (χ2n) is 5.22. The Kier molecular flexibility index (Phi) is 5.89. The van der Waals surface area contributed by atoms with Crippen LogP contribution in [0.3, 0.4) is 0 Å². The van der Waals surface area contributed by atoms with Gasteiger partial charge in [-0.05, 0) is 30.9 Å². The maximum atomic E-state index is 11.9. The first-order valence-corrected chi connectivity index (χ1v) is 7.60. The fraction of sp³-hybridized carbons (Fsp3) is 0.467. The quantitative estimate of drug-likeness (QED) is 0.897. The van der Waals surface area contributed by atoms with E-state index in [1.54, 1.807) is 23.1 Å². The van der Waals surface area contributed by atoms with Gasteiger partial charge < -0.3 is 20.3 Å². The lowest BCUT2D eigenvalue weighted by Crippen LogP contribution is -2.42. The van der Waals surface area contributed by atoms with E-state index in [2.05, 4.69) is 10.6 Å². The molecular formula is C15H20ClN3O3. The van der Waals surface area contributed by atoms with Gasteiger partial charge in [0.1, 0.15) is 0 Å². The van der Waals surface area contributed by atoms with Gasteiger partial charge in [0.05, 0.1) is 17.8 Å². The molecule has 0 spiro atoms. The molecule has 2 rings (SSSR count). The SMILES string of the molecule is COC(=O)N1CCC(CNC(=O)Nc2ccccc2Cl)CC1. The zero-order chi connectivity index (χ0) is 15.9. The topological polar surface area (TPSA) is 70.7 Å². The molecule has 1 aromatic rings. The Balaban J connectivity index is 1.72. The van der Waals surface area contributed by atoms with Gasteiger partial charge in [0.2, 0.25) is 0 Å². The predicted molar refractivity (Wildman–Crippen MR) is 85.2 cm³/mol. The summed E-state index contributed by atoms with van der Waals surface area (Å²) in [6, 6.07) is 6.81. The van der Waals surface area contributed by atoms with Crippen molar-refractivity contribution in [1.29, 1.82) is 0 Å². The number of rotatable bonds is 3. The van der Waals surface area contributed by atoms with E-state index in [0.717, 1.165) is 12.8 Å². The average Bonchev–Trinajstić information content (AvgIpc) is 2.55. The molecule has 3 amide bonds. The van der Waals surface area contributed by atoms with Crippen molar-refractivity contribution in [3.8, 4) is 0 Å². The second kappa shape index (κ2) is 7.89. The Bertz CT molecular complexity index is 531. The van der Waals surface area contributed by atoms with Crippen LogP contribution in [-0.4, -0.2) is 43.8 Å². The molecule has 120 valence electrons. The van der Waals surface area contributed by atoms with Gasteiger partial charge in [-0.1, -0.05) is 23.7 Å². The molecule has 1 fully saturated rings. The van der Waals surface area contributed by atoms with Crippen LogP contribution < -0.4 is 10.6 Å². The summed E-state index contributed by atoms with van der Waals surface area (Å²) in [5, 5.41) is 6.07. The molecule has 2 N–H and O–H groups in total. The number of likely N-dealkylation sites (tertiary alicyclic amines) is 1. The number of methoxy groups -OCH3 is 1. The molecule has 1 aliphatic heterocycles. The number of hydrogen-bond donors (Lipinski definition) is 2. The van der Waals surface area contributed by atoms with Gasteiger partial charge in [0, 0.05) is 19.6 Å². The van der Waals surface area contributed by atoms with Crippen LogP contribution in [-0.2, 0) is 4.74 Å². The van der Waals surface area contributed by atoms with E-state index in [9.17, 15) is 9.59 Å². The predicted octanol–water partition coefficient (Wildman–Crippen LogP) is 2.94. The Morgan fingerprint density at radius 1 is 1.32 bits per heavy atom. The fourth-order valence-electron chi connectivity index (χ4n) is 2.41. The van der Waals surface area contributed by atoms with Gasteiger partial charge in [-0.15, -0.1) is 0 Å². The Morgan fingerprint density at radius 2 is 2.00 bits per heavy atom. The number of nitrogens with one attached hydrogen (secondary N) is 2. The normalized spacial score (nSPS) is 15.3. The molecule has 0 bridgehead atoms. The number of para-hydroxylation sites is 1. The molecule has 1 aliphatic rings. The molecule has 0 atom stereocenters. The lowest BCUT2D eigenvalue weighted by Gasteiger charge is -2.30. The lowest BCUT2D eigenvalue weighted by atomic mass is 9.97. The van der Waals surface area contributed by atoms with Crippen LogP contribution in [0.4, 0.5) is 15.3 Å². The number of halogens is 1. The molecule has 0 aliphatic carbocycles. The van der Waals surface area contributed by atoms with E-state index < -0.39 is 0 Å². The smallest absolute Gasteiger partial charge is 0.409 e. The summed E-state index contributed by atoms with van der Waals surface area (Å²) in [5.41, 5.74) is 0.585. The molecule has 6 nitrogen and oxygen atoms in total. The maximum Gasteiger partial charge on any atom is 0.409 e. The highest BCUT2D eigenvalue weighted by Crippen LogP contribution is 2.20. The van der Waals surface area contributed by atoms with Crippen molar-refractivity contribution in [1.82, 2.24) is 10.2 Å². The minimum atomic E-state index is -0.289. The molecule has 0 unspecified atom stereocenters. The van der Waals surface area contributed by atoms with Crippen LogP contribution in [0.1, 0.15) is 12.8 Å². The van der Waals surface area contributed by atoms with Crippen molar-refractivity contribution in [3.05, 3.63) is 29.3 Å². The Hall–Kier alpha value is -1.95. The van der Waals surface area contributed by atoms with Crippen molar-refractivity contribution in [2.75, 3.05) is 32.1 Å². The number of piperidine rings is 1. The van der Waals surface area contributed by atoms with Crippen molar-refractivity contribution < 1.29 is 14.3 Å². The first kappa shape index (κ1) is 16.4. The van der Waals surface area contributed by atoms with Crippen LogP contribution in [0.15, 0.2) is 24.3 Å². The zero-order valence-corrected chi connectivity index (χ0v) is 13.2. The van der Waals surface area contributed by atoms with Crippen LogP contribution in [0.2, 0.25) is 5.02 Å². The summed E-state index contributed by atoms with van der Waals surface area (Å²) in [6.07, 6.45) is 1.41. The molecule has 0 aromatic heterocycles. The van der Waals surface area contributed by atoms with Crippen LogP contribution in [0.25, 0.3) is 0 Å². The summed E-state index contributed by atoms with van der Waals surface area (Å²) in [6.45, 7) is 1.89. The molecule has 0 saturated carbocycles. The number of benzene rings is 1. The average molecular weight is 326 g/mol. The van der Waals surface area contributed by atoms with E-state index in [-0.39, 0.29) is 12.1 Å². The standard InChI is InChI=1S/C15H20ClN3O3/c1-22-15(21)19-8-6-11(7-9-19)10-17-14(20)18-13-5-3-2-4-12(13)16/h2-5,11H,6-10H2,1H3,(H2,17,18,20). The van der Waals surface area contributed by atoms with Crippen molar-refractivity contribution in [2.45, 2.75) is 12.8 Å². The summed E-state index contributed by atoms with van der Waals surface area (Å²) < 4.78 is 4.70. The Morgan fingerprint density at radius 3 is 2.64 bits per heavy atom. The highest BCUT2D eigenvalue weighted by atomic mass is 35.5. The van der Waals surface area contributed by atoms with Gasteiger partial charge >= 0.3 is 12.1 Å². The molecule has 1 saturated heterocycles. The van der Waals surface area contributed by atoms with Gasteiger partial charge in [0.25, 0.3) is 0 Å². The van der Waals surface area contributed by atoms with Crippen molar-refractivity contribution >= 4 is 29.4 Å². The molecule has 22 heavy (non-hydrogen) atoms. The number of urea groups is 1. The summed E-state index contributed by atoms with van der Waals surface area (Å²) in [4.78, 5) is 24.9. The number of carbonyl (C=O) groups is 2. The van der Waals surface area contributed by atoms with Gasteiger partial charge in [0.15, 0.2) is 0 Å². The van der Waals surface area contributed by atoms with Crippen LogP contribution >= 0.6 is 11.6 Å². The maximum absolute atomic E-state index is 11.9. The molecule has 0 radical (unpaired) electrons. The fourth-order valence-corrected chi connectivity index (χ4v) is 2.60. The van der Waals surface area contributed by atoms with E-state index in [1.807, 2.05) is 6.07 Å². The van der Waals surface area contributed by atoms with Crippen LogP contribution in [0.5, 0.6) is 0 Å². The summed E-state index contributed by atoms with van der Waals surface area (Å²) in [5.74, 6) is 0.359. The minimum absolute atomic E-state index is 0.275. The summed E-state index contributed by atoms with van der Waals surface area (Å²) >= 11 is 5.98. The first-order chi connectivity index (χ1) is 10.6. The van der Waals surface area contributed by atoms with Crippen molar-refractivity contribution in [3.63, 3.8) is 0 Å². The number of amides is 3. The van der Waals surface area contributed by atoms with Crippen LogP contribution in [0, 0.1) is 5.92 Å². The summed E-state index contributed by atoms with van der Waals surface area (Å²) in [7, 11) is 1.38. The number of hydrogen-bond acceptors (Lipinski definition) is 3. The third kappa shape index (κ3) is 4.53. The molecular weight excluding hydrogens is 306 g/mol. The van der Waals surface area contributed by atoms with Gasteiger partial charge in [-0.2, -0.15) is 0 Å². The Labute approximate surface area is 134 Å². The highest BCUT2D eigenvalue weighted by Gasteiger charge is 2.23. The molecule has 7 heteroatoms. The molecule has 1 aromatic carbocycles. The first-order valence-electron chi connectivity index (χ1n) is 7.22. The third-order valence-corrected chi connectivity index (χ3v) is 4.05. The number of ether oxygens (including phenoxy) is 1. The number of anilines is 1. The largest absolute Gasteiger partial charge is 0.453 e. The van der Waals surface area contributed by atoms with Crippen molar-refractivity contribution in [2.24, 2.45) is 5.92 Å². The van der Waals surface area contributed by atoms with E-state index in [4.69, 9.17) is 16.3 Å². The third-order valence-electron chi connectivity index (χ3n) is 3.72. The van der Waals surface area contributed by atoms with E-state index >= 15 is 0 Å². The minimum Gasteiger partial charge on any atom is -0.453 e. The zero-order valence-electron chi connectivity index (χ0n) is 12.5. The van der Waals surface area contributed by atoms with E-state index in [1.165, 1.54) is 7.11 Å². The monoisotopic (exact) mass is 325 g/mol. The van der Waals surface area contributed by atoms with E-state index in [0.29, 0.717) is 36.3 Å². The van der Waals surface area contributed by atoms with Gasteiger partial charge in [-0.25, -0.2) is 9.59 Å². The highest BCUT2D eigenvalue weighted by molar-refractivity contribution is 6.33. The van der Waals surface area contributed by atoms with Gasteiger partial charge in [-0.3, -0.25) is 0 Å². The lowest BCUT2D eigenvalue weighted by molar-refractivity contribution is 0.106. The number of carbonyl (C=O) groups excluding carboxylic acids is 2. The second-order valence-corrected chi connectivity index (χ2v) is 5.62.